The molecule has 2 rings (SSSR count). The molecule has 0 spiro atoms. The molecule has 102 valence electrons. The smallest absolute Gasteiger partial charge is 0.239 e. The third kappa shape index (κ3) is 4.10. The van der Waals surface area contributed by atoms with Crippen LogP contribution in [-0.4, -0.2) is 49.2 Å². The summed E-state index contributed by atoms with van der Waals surface area (Å²) < 4.78 is 5.46. The summed E-state index contributed by atoms with van der Waals surface area (Å²) in [6.07, 6.45) is 4.53. The molecule has 1 saturated heterocycles. The molecule has 1 aliphatic carbocycles. The van der Waals surface area contributed by atoms with E-state index in [2.05, 4.69) is 11.9 Å². The van der Waals surface area contributed by atoms with Gasteiger partial charge in [0, 0.05) is 19.1 Å². The van der Waals surface area contributed by atoms with Gasteiger partial charge in [0.15, 0.2) is 0 Å². The zero-order chi connectivity index (χ0) is 13.0. The maximum atomic E-state index is 12.2. The number of carbonyl (C=O) groups is 1. The monoisotopic (exact) mass is 252 g/mol. The molecule has 1 amide bonds. The van der Waals surface area contributed by atoms with E-state index in [4.69, 9.17) is 4.74 Å². The normalized spacial score (nSPS) is 24.4. The first-order valence-corrected chi connectivity index (χ1v) is 6.94. The van der Waals surface area contributed by atoms with E-state index in [0.717, 1.165) is 25.0 Å². The van der Waals surface area contributed by atoms with Crippen molar-refractivity contribution in [3.05, 3.63) is 12.2 Å². The molecule has 1 saturated carbocycles. The van der Waals surface area contributed by atoms with Crippen LogP contribution >= 0.6 is 0 Å². The first-order valence-electron chi connectivity index (χ1n) is 6.94. The van der Waals surface area contributed by atoms with Crippen molar-refractivity contribution < 1.29 is 9.53 Å². The molecule has 2 fully saturated rings. The van der Waals surface area contributed by atoms with Gasteiger partial charge in [-0.15, -0.1) is 0 Å². The minimum absolute atomic E-state index is 0.0485. The van der Waals surface area contributed by atoms with Crippen LogP contribution in [0.4, 0.5) is 0 Å². The second kappa shape index (κ2) is 6.34. The first-order chi connectivity index (χ1) is 8.66. The Kier molecular flexibility index (Phi) is 4.78. The first kappa shape index (κ1) is 13.6. The average molecular weight is 252 g/mol. The van der Waals surface area contributed by atoms with Crippen molar-refractivity contribution in [2.45, 2.75) is 44.7 Å². The Balaban J connectivity index is 1.70. The summed E-state index contributed by atoms with van der Waals surface area (Å²) in [4.78, 5) is 14.1. The summed E-state index contributed by atoms with van der Waals surface area (Å²) in [6, 6.07) is 0.644. The van der Waals surface area contributed by atoms with E-state index in [0.29, 0.717) is 25.8 Å². The van der Waals surface area contributed by atoms with Gasteiger partial charge >= 0.3 is 0 Å². The molecule has 0 aromatic heterocycles. The summed E-state index contributed by atoms with van der Waals surface area (Å²) >= 11 is 0. The Labute approximate surface area is 109 Å². The van der Waals surface area contributed by atoms with E-state index in [1.165, 1.54) is 12.8 Å². The standard InChI is InChI=1S/C14H24N2O2/c1-11(2)10-18-9-8-16-7-3-4-13(14(16)17)15-12-5-6-12/h12-13,15H,1,3-10H2,2H3. The van der Waals surface area contributed by atoms with E-state index in [9.17, 15) is 4.79 Å². The van der Waals surface area contributed by atoms with Crippen molar-refractivity contribution in [1.29, 1.82) is 0 Å². The van der Waals surface area contributed by atoms with Gasteiger partial charge in [-0.2, -0.15) is 0 Å². The average Bonchev–Trinajstić information content (AvgIpc) is 3.12. The van der Waals surface area contributed by atoms with E-state index in [1.54, 1.807) is 0 Å². The molecule has 0 aromatic rings. The van der Waals surface area contributed by atoms with Gasteiger partial charge in [-0.05, 0) is 32.6 Å². The lowest BCUT2D eigenvalue weighted by Crippen LogP contribution is -2.52. The summed E-state index contributed by atoms with van der Waals surface area (Å²) in [7, 11) is 0. The summed E-state index contributed by atoms with van der Waals surface area (Å²) in [6.45, 7) is 8.51. The van der Waals surface area contributed by atoms with Crippen molar-refractivity contribution in [1.82, 2.24) is 10.2 Å². The molecule has 0 bridgehead atoms. The Hall–Kier alpha value is -0.870. The zero-order valence-electron chi connectivity index (χ0n) is 11.3. The van der Waals surface area contributed by atoms with Crippen LogP contribution in [0.25, 0.3) is 0 Å². The van der Waals surface area contributed by atoms with Gasteiger partial charge in [-0.3, -0.25) is 4.79 Å². The highest BCUT2D eigenvalue weighted by Crippen LogP contribution is 2.22. The quantitative estimate of drug-likeness (QED) is 0.549. The molecule has 2 aliphatic rings. The van der Waals surface area contributed by atoms with Crippen LogP contribution in [0.2, 0.25) is 0 Å². The van der Waals surface area contributed by atoms with E-state index in [-0.39, 0.29) is 11.9 Å². The predicted octanol–water partition coefficient (Wildman–Crippen LogP) is 1.32. The van der Waals surface area contributed by atoms with Crippen molar-refractivity contribution in [3.8, 4) is 0 Å². The van der Waals surface area contributed by atoms with Crippen LogP contribution in [0.3, 0.4) is 0 Å². The summed E-state index contributed by atoms with van der Waals surface area (Å²) in [5, 5.41) is 3.44. The lowest BCUT2D eigenvalue weighted by atomic mass is 10.0. The number of nitrogens with zero attached hydrogens (tertiary/aromatic N) is 1. The number of hydrogen-bond donors (Lipinski definition) is 1. The highest BCUT2D eigenvalue weighted by molar-refractivity contribution is 5.82. The van der Waals surface area contributed by atoms with Gasteiger partial charge in [0.25, 0.3) is 0 Å². The molecular weight excluding hydrogens is 228 g/mol. The predicted molar refractivity (Wildman–Crippen MR) is 71.4 cm³/mol. The van der Waals surface area contributed by atoms with Gasteiger partial charge in [0.2, 0.25) is 5.91 Å². The topological polar surface area (TPSA) is 41.6 Å². The van der Waals surface area contributed by atoms with Gasteiger partial charge < -0.3 is 15.0 Å². The molecular formula is C14H24N2O2. The van der Waals surface area contributed by atoms with Crippen molar-refractivity contribution >= 4 is 5.91 Å². The largest absolute Gasteiger partial charge is 0.375 e. The molecule has 1 aliphatic heterocycles. The third-order valence-corrected chi connectivity index (χ3v) is 3.40. The second-order valence-corrected chi connectivity index (χ2v) is 5.47. The Morgan fingerprint density at radius 2 is 2.28 bits per heavy atom. The molecule has 0 aromatic carbocycles. The number of amides is 1. The fourth-order valence-electron chi connectivity index (χ4n) is 2.27. The number of nitrogens with one attached hydrogen (secondary N) is 1. The van der Waals surface area contributed by atoms with Gasteiger partial charge in [-0.1, -0.05) is 12.2 Å². The minimum Gasteiger partial charge on any atom is -0.375 e. The zero-order valence-corrected chi connectivity index (χ0v) is 11.3. The van der Waals surface area contributed by atoms with Crippen molar-refractivity contribution in [3.63, 3.8) is 0 Å². The number of piperidine rings is 1. The Bertz CT molecular complexity index is 313. The lowest BCUT2D eigenvalue weighted by molar-refractivity contribution is -0.136. The number of rotatable bonds is 7. The summed E-state index contributed by atoms with van der Waals surface area (Å²) in [5.74, 6) is 0.257. The third-order valence-electron chi connectivity index (χ3n) is 3.40. The van der Waals surface area contributed by atoms with E-state index < -0.39 is 0 Å². The molecule has 1 atom stereocenters. The Morgan fingerprint density at radius 3 is 2.94 bits per heavy atom. The van der Waals surface area contributed by atoms with Crippen molar-refractivity contribution in [2.75, 3.05) is 26.3 Å². The molecule has 4 nitrogen and oxygen atoms in total. The second-order valence-electron chi connectivity index (χ2n) is 5.47. The molecule has 1 unspecified atom stereocenters. The van der Waals surface area contributed by atoms with Crippen LogP contribution in [0.15, 0.2) is 12.2 Å². The fourth-order valence-corrected chi connectivity index (χ4v) is 2.27. The van der Waals surface area contributed by atoms with E-state index in [1.807, 2.05) is 11.8 Å². The fraction of sp³-hybridized carbons (Fsp3) is 0.786. The molecule has 1 N–H and O–H groups in total. The summed E-state index contributed by atoms with van der Waals surface area (Å²) in [5.41, 5.74) is 1.02. The number of carbonyl (C=O) groups excluding carboxylic acids is 1. The van der Waals surface area contributed by atoms with Crippen LogP contribution in [0, 0.1) is 0 Å². The van der Waals surface area contributed by atoms with Crippen LogP contribution < -0.4 is 5.32 Å². The maximum absolute atomic E-state index is 12.2. The number of hydrogen-bond acceptors (Lipinski definition) is 3. The van der Waals surface area contributed by atoms with Crippen LogP contribution in [0.1, 0.15) is 32.6 Å². The van der Waals surface area contributed by atoms with Gasteiger partial charge in [0.1, 0.15) is 0 Å². The minimum atomic E-state index is 0.0485. The number of ether oxygens (including phenoxy) is 1. The maximum Gasteiger partial charge on any atom is 0.239 e. The lowest BCUT2D eigenvalue weighted by Gasteiger charge is -2.32. The molecule has 18 heavy (non-hydrogen) atoms. The Morgan fingerprint density at radius 1 is 1.50 bits per heavy atom. The highest BCUT2D eigenvalue weighted by atomic mass is 16.5. The number of likely N-dealkylation sites (tertiary alicyclic amines) is 1. The van der Waals surface area contributed by atoms with Crippen LogP contribution in [-0.2, 0) is 9.53 Å². The van der Waals surface area contributed by atoms with Gasteiger partial charge in [-0.25, -0.2) is 0 Å². The highest BCUT2D eigenvalue weighted by Gasteiger charge is 2.32. The van der Waals surface area contributed by atoms with Gasteiger partial charge in [0.05, 0.1) is 19.3 Å². The molecule has 1 heterocycles. The molecule has 4 heteroatoms. The van der Waals surface area contributed by atoms with Crippen molar-refractivity contribution in [2.24, 2.45) is 0 Å². The molecule has 0 radical (unpaired) electrons. The SMILES string of the molecule is C=C(C)COCCN1CCCC(NC2CC2)C1=O. The van der Waals surface area contributed by atoms with Crippen LogP contribution in [0.5, 0.6) is 0 Å². The van der Waals surface area contributed by atoms with E-state index >= 15 is 0 Å².